The first-order valence-corrected chi connectivity index (χ1v) is 11.1. The first kappa shape index (κ1) is 21.4. The standard InChI is InChI=1S/C21H24N4O4S/c1-4-13-30(27,28)24-18-12-8-11-17(15(18)2)22-21(26)20-19(29-3)14-25(23-20)16-9-6-5-7-10-16/h5-12,14,24H,4,13H2,1-3H3,(H,22,26). The number of carbonyl (C=O) groups is 1. The fraction of sp³-hybridized carbons (Fsp3) is 0.238. The van der Waals surface area contributed by atoms with Gasteiger partial charge >= 0.3 is 0 Å². The molecule has 0 aliphatic rings. The van der Waals surface area contributed by atoms with Gasteiger partial charge in [0.05, 0.1) is 30.4 Å². The smallest absolute Gasteiger partial charge is 0.280 e. The van der Waals surface area contributed by atoms with E-state index < -0.39 is 15.9 Å². The van der Waals surface area contributed by atoms with Crippen LogP contribution in [0.3, 0.4) is 0 Å². The molecule has 2 aromatic carbocycles. The minimum absolute atomic E-state index is 0.0249. The molecule has 30 heavy (non-hydrogen) atoms. The summed E-state index contributed by atoms with van der Waals surface area (Å²) in [6.07, 6.45) is 2.14. The highest BCUT2D eigenvalue weighted by molar-refractivity contribution is 7.92. The molecule has 0 saturated carbocycles. The predicted molar refractivity (Wildman–Crippen MR) is 117 cm³/mol. The fourth-order valence-corrected chi connectivity index (χ4v) is 4.12. The number of sulfonamides is 1. The van der Waals surface area contributed by atoms with Crippen molar-refractivity contribution in [3.63, 3.8) is 0 Å². The molecule has 2 N–H and O–H groups in total. The van der Waals surface area contributed by atoms with Gasteiger partial charge in [-0.15, -0.1) is 0 Å². The van der Waals surface area contributed by atoms with E-state index in [2.05, 4.69) is 15.1 Å². The van der Waals surface area contributed by atoms with E-state index in [-0.39, 0.29) is 11.4 Å². The number of aromatic nitrogens is 2. The summed E-state index contributed by atoms with van der Waals surface area (Å²) in [5.74, 6) is -0.107. The Morgan fingerprint density at radius 2 is 1.80 bits per heavy atom. The number of nitrogens with zero attached hydrogens (tertiary/aromatic N) is 2. The number of methoxy groups -OCH3 is 1. The quantitative estimate of drug-likeness (QED) is 0.571. The molecule has 0 saturated heterocycles. The van der Waals surface area contributed by atoms with Gasteiger partial charge in [-0.2, -0.15) is 5.10 Å². The molecule has 0 radical (unpaired) electrons. The molecule has 0 spiro atoms. The molecule has 0 unspecified atom stereocenters. The molecule has 158 valence electrons. The number of hydrogen-bond donors (Lipinski definition) is 2. The van der Waals surface area contributed by atoms with Gasteiger partial charge in [-0.1, -0.05) is 31.2 Å². The van der Waals surface area contributed by atoms with Crippen LogP contribution in [0.4, 0.5) is 11.4 Å². The number of rotatable bonds is 8. The van der Waals surface area contributed by atoms with Gasteiger partial charge in [-0.25, -0.2) is 13.1 Å². The number of benzene rings is 2. The highest BCUT2D eigenvalue weighted by Crippen LogP contribution is 2.26. The highest BCUT2D eigenvalue weighted by Gasteiger charge is 2.20. The van der Waals surface area contributed by atoms with Gasteiger partial charge in [0.1, 0.15) is 0 Å². The van der Waals surface area contributed by atoms with Crippen LogP contribution in [-0.2, 0) is 10.0 Å². The first-order chi connectivity index (χ1) is 14.3. The maximum Gasteiger partial charge on any atom is 0.280 e. The van der Waals surface area contributed by atoms with Crippen molar-refractivity contribution in [1.29, 1.82) is 0 Å². The normalized spacial score (nSPS) is 11.2. The van der Waals surface area contributed by atoms with Gasteiger partial charge in [0.2, 0.25) is 10.0 Å². The summed E-state index contributed by atoms with van der Waals surface area (Å²) in [6, 6.07) is 14.4. The molecular weight excluding hydrogens is 404 g/mol. The third-order valence-electron chi connectivity index (χ3n) is 4.46. The van der Waals surface area contributed by atoms with Crippen LogP contribution < -0.4 is 14.8 Å². The lowest BCUT2D eigenvalue weighted by Gasteiger charge is -2.14. The van der Waals surface area contributed by atoms with Crippen molar-refractivity contribution in [2.75, 3.05) is 22.9 Å². The largest absolute Gasteiger partial charge is 0.493 e. The molecule has 0 aliphatic heterocycles. The number of carbonyl (C=O) groups excluding carboxylic acids is 1. The molecule has 3 aromatic rings. The van der Waals surface area contributed by atoms with Crippen LogP contribution in [-0.4, -0.2) is 37.0 Å². The van der Waals surface area contributed by atoms with Crippen molar-refractivity contribution in [2.24, 2.45) is 0 Å². The van der Waals surface area contributed by atoms with Crippen molar-refractivity contribution in [1.82, 2.24) is 9.78 Å². The zero-order valence-corrected chi connectivity index (χ0v) is 17.9. The lowest BCUT2D eigenvalue weighted by atomic mass is 10.1. The molecule has 1 amide bonds. The van der Waals surface area contributed by atoms with Crippen molar-refractivity contribution >= 4 is 27.3 Å². The Hall–Kier alpha value is -3.33. The molecule has 0 fully saturated rings. The number of amides is 1. The Labute approximate surface area is 175 Å². The average Bonchev–Trinajstić information content (AvgIpc) is 3.16. The zero-order chi connectivity index (χ0) is 21.7. The molecule has 1 heterocycles. The minimum Gasteiger partial charge on any atom is -0.493 e. The van der Waals surface area contributed by atoms with E-state index in [4.69, 9.17) is 4.74 Å². The van der Waals surface area contributed by atoms with Crippen LogP contribution in [0, 0.1) is 6.92 Å². The van der Waals surface area contributed by atoms with Crippen LogP contribution in [0.25, 0.3) is 5.69 Å². The Morgan fingerprint density at radius 3 is 2.47 bits per heavy atom. The second kappa shape index (κ2) is 9.00. The molecule has 0 aliphatic carbocycles. The van der Waals surface area contributed by atoms with Gasteiger partial charge in [0.25, 0.3) is 5.91 Å². The van der Waals surface area contributed by atoms with Crippen LogP contribution in [0.15, 0.2) is 54.7 Å². The van der Waals surface area contributed by atoms with Crippen molar-refractivity contribution in [3.8, 4) is 11.4 Å². The third kappa shape index (κ3) is 4.80. The summed E-state index contributed by atoms with van der Waals surface area (Å²) in [7, 11) is -1.97. The van der Waals surface area contributed by atoms with E-state index in [1.165, 1.54) is 7.11 Å². The maximum absolute atomic E-state index is 12.9. The molecule has 9 heteroatoms. The summed E-state index contributed by atoms with van der Waals surface area (Å²) in [6.45, 7) is 3.53. The van der Waals surface area contributed by atoms with Crippen LogP contribution in [0.1, 0.15) is 29.4 Å². The van der Waals surface area contributed by atoms with Crippen LogP contribution in [0.5, 0.6) is 5.75 Å². The van der Waals surface area contributed by atoms with Crippen molar-refractivity contribution < 1.29 is 17.9 Å². The third-order valence-corrected chi connectivity index (χ3v) is 5.93. The molecule has 1 aromatic heterocycles. The highest BCUT2D eigenvalue weighted by atomic mass is 32.2. The molecule has 3 rings (SSSR count). The van der Waals surface area contributed by atoms with Gasteiger partial charge in [0.15, 0.2) is 11.4 Å². The second-order valence-corrected chi connectivity index (χ2v) is 8.52. The van der Waals surface area contributed by atoms with Gasteiger partial charge in [-0.05, 0) is 43.2 Å². The SMILES string of the molecule is CCCS(=O)(=O)Nc1cccc(NC(=O)c2nn(-c3ccccc3)cc2OC)c1C. The van der Waals surface area contributed by atoms with Crippen LogP contribution in [0.2, 0.25) is 0 Å². The molecular formula is C21H24N4O4S. The summed E-state index contributed by atoms with van der Waals surface area (Å²) in [4.78, 5) is 12.9. The Balaban J connectivity index is 1.86. The second-order valence-electron chi connectivity index (χ2n) is 6.68. The van der Waals surface area contributed by atoms with Gasteiger partial charge < -0.3 is 10.1 Å². The fourth-order valence-electron chi connectivity index (χ4n) is 2.93. The number of para-hydroxylation sites is 1. The van der Waals surface area contributed by atoms with E-state index in [0.717, 1.165) is 5.69 Å². The maximum atomic E-state index is 12.9. The monoisotopic (exact) mass is 428 g/mol. The van der Waals surface area contributed by atoms with Gasteiger partial charge in [-0.3, -0.25) is 9.52 Å². The van der Waals surface area contributed by atoms with Gasteiger partial charge in [0, 0.05) is 5.69 Å². The Kier molecular flexibility index (Phi) is 6.41. The molecule has 0 atom stereocenters. The Morgan fingerprint density at radius 1 is 1.10 bits per heavy atom. The van der Waals surface area contributed by atoms with Crippen molar-refractivity contribution in [2.45, 2.75) is 20.3 Å². The molecule has 8 nitrogen and oxygen atoms in total. The topological polar surface area (TPSA) is 102 Å². The predicted octanol–water partition coefficient (Wildman–Crippen LogP) is 3.59. The average molecular weight is 429 g/mol. The van der Waals surface area contributed by atoms with E-state index in [9.17, 15) is 13.2 Å². The lowest BCUT2D eigenvalue weighted by Crippen LogP contribution is -2.18. The first-order valence-electron chi connectivity index (χ1n) is 9.45. The minimum atomic E-state index is -3.44. The van der Waals surface area contributed by atoms with E-state index in [1.807, 2.05) is 30.3 Å². The summed E-state index contributed by atoms with van der Waals surface area (Å²) < 4.78 is 33.6. The van der Waals surface area contributed by atoms with E-state index in [1.54, 1.807) is 42.9 Å². The van der Waals surface area contributed by atoms with Crippen molar-refractivity contribution in [3.05, 3.63) is 66.0 Å². The lowest BCUT2D eigenvalue weighted by molar-refractivity contribution is 0.101. The number of ether oxygens (including phenoxy) is 1. The summed E-state index contributed by atoms with van der Waals surface area (Å²) >= 11 is 0. The molecule has 0 bridgehead atoms. The van der Waals surface area contributed by atoms with E-state index in [0.29, 0.717) is 29.1 Å². The Bertz CT molecular complexity index is 1140. The zero-order valence-electron chi connectivity index (χ0n) is 17.0. The number of hydrogen-bond acceptors (Lipinski definition) is 5. The number of anilines is 2. The van der Waals surface area contributed by atoms with Crippen LogP contribution >= 0.6 is 0 Å². The summed E-state index contributed by atoms with van der Waals surface area (Å²) in [5.41, 5.74) is 2.42. The number of nitrogens with one attached hydrogen (secondary N) is 2. The van der Waals surface area contributed by atoms with E-state index >= 15 is 0 Å². The summed E-state index contributed by atoms with van der Waals surface area (Å²) in [5, 5.41) is 7.15.